The number of rotatable bonds is 3. The zero-order chi connectivity index (χ0) is 15.0. The minimum Gasteiger partial charge on any atom is -0.497 e. The number of hydrogen-bond donors (Lipinski definition) is 1. The normalized spacial score (nSPS) is 12.5. The summed E-state index contributed by atoms with van der Waals surface area (Å²) in [5.41, 5.74) is 9.18. The van der Waals surface area contributed by atoms with Crippen LogP contribution in [-0.4, -0.2) is 16.7 Å². The summed E-state index contributed by atoms with van der Waals surface area (Å²) in [7, 11) is 1.66. The monoisotopic (exact) mass is 345 g/mol. The number of nitrogen functional groups attached to an aromatic ring is 1. The smallest absolute Gasteiger partial charge is 0.201 e. The number of nitrogens with zero attached hydrogens (tertiary/aromatic N) is 2. The van der Waals surface area contributed by atoms with Crippen molar-refractivity contribution in [2.45, 2.75) is 13.0 Å². The van der Waals surface area contributed by atoms with Crippen LogP contribution < -0.4 is 10.5 Å². The zero-order valence-corrected chi connectivity index (χ0v) is 13.5. The Morgan fingerprint density at radius 3 is 2.57 bits per heavy atom. The third kappa shape index (κ3) is 2.49. The maximum atomic E-state index is 6.11. The second-order valence-corrected chi connectivity index (χ2v) is 5.84. The highest BCUT2D eigenvalue weighted by Gasteiger charge is 2.16. The van der Waals surface area contributed by atoms with Gasteiger partial charge < -0.3 is 15.0 Å². The molecule has 0 fully saturated rings. The predicted molar refractivity (Wildman–Crippen MR) is 88.7 cm³/mol. The van der Waals surface area contributed by atoms with Crippen LogP contribution in [0.1, 0.15) is 18.5 Å². The Morgan fingerprint density at radius 2 is 1.90 bits per heavy atom. The van der Waals surface area contributed by atoms with Crippen LogP contribution in [0.15, 0.2) is 46.9 Å². The summed E-state index contributed by atoms with van der Waals surface area (Å²) in [4.78, 5) is 4.43. The van der Waals surface area contributed by atoms with E-state index in [1.165, 1.54) is 0 Å². The standard InChI is InChI=1S/C16H16BrN3O/c1-10(11-3-6-13(21-2)7-4-11)20-15-9-12(17)5-8-14(15)19-16(20)18/h3-10H,1-2H3,(H2,18,19). The molecule has 1 heterocycles. The second-order valence-electron chi connectivity index (χ2n) is 4.92. The third-order valence-electron chi connectivity index (χ3n) is 3.66. The Kier molecular flexibility index (Phi) is 3.59. The molecule has 0 radical (unpaired) electrons. The third-order valence-corrected chi connectivity index (χ3v) is 4.16. The number of halogens is 1. The highest BCUT2D eigenvalue weighted by molar-refractivity contribution is 9.10. The fourth-order valence-corrected chi connectivity index (χ4v) is 2.87. The first-order valence-corrected chi connectivity index (χ1v) is 7.46. The molecule has 4 nitrogen and oxygen atoms in total. The van der Waals surface area contributed by atoms with Crippen molar-refractivity contribution in [2.24, 2.45) is 0 Å². The van der Waals surface area contributed by atoms with Crippen LogP contribution in [0.2, 0.25) is 0 Å². The van der Waals surface area contributed by atoms with Crippen LogP contribution in [0.5, 0.6) is 5.75 Å². The van der Waals surface area contributed by atoms with Gasteiger partial charge in [-0.2, -0.15) is 0 Å². The van der Waals surface area contributed by atoms with Crippen molar-refractivity contribution in [3.63, 3.8) is 0 Å². The summed E-state index contributed by atoms with van der Waals surface area (Å²) in [5, 5.41) is 0. The molecule has 0 amide bonds. The lowest BCUT2D eigenvalue weighted by atomic mass is 10.1. The molecule has 1 atom stereocenters. The molecule has 0 spiro atoms. The topological polar surface area (TPSA) is 53.1 Å². The summed E-state index contributed by atoms with van der Waals surface area (Å²) in [6, 6.07) is 14.1. The van der Waals surface area contributed by atoms with Crippen molar-refractivity contribution < 1.29 is 4.74 Å². The maximum Gasteiger partial charge on any atom is 0.201 e. The van der Waals surface area contributed by atoms with Crippen molar-refractivity contribution in [1.29, 1.82) is 0 Å². The second kappa shape index (κ2) is 5.41. The first-order chi connectivity index (χ1) is 10.1. The SMILES string of the molecule is COc1ccc(C(C)n2c(N)nc3ccc(Br)cc32)cc1. The van der Waals surface area contributed by atoms with E-state index < -0.39 is 0 Å². The van der Waals surface area contributed by atoms with Crippen molar-refractivity contribution in [2.75, 3.05) is 12.8 Å². The Bertz CT molecular complexity index is 780. The van der Waals surface area contributed by atoms with E-state index in [4.69, 9.17) is 10.5 Å². The van der Waals surface area contributed by atoms with Gasteiger partial charge in [0.1, 0.15) is 5.75 Å². The summed E-state index contributed by atoms with van der Waals surface area (Å²) in [6.07, 6.45) is 0. The molecule has 0 aliphatic heterocycles. The van der Waals surface area contributed by atoms with E-state index in [-0.39, 0.29) is 6.04 Å². The number of imidazole rings is 1. The van der Waals surface area contributed by atoms with Gasteiger partial charge in [0.05, 0.1) is 24.2 Å². The number of benzene rings is 2. The van der Waals surface area contributed by atoms with Gasteiger partial charge in [0, 0.05) is 4.47 Å². The summed E-state index contributed by atoms with van der Waals surface area (Å²) < 4.78 is 8.25. The molecule has 2 aromatic carbocycles. The molecular weight excluding hydrogens is 330 g/mol. The molecule has 2 N–H and O–H groups in total. The molecule has 3 aromatic rings. The molecule has 1 aromatic heterocycles. The first kappa shape index (κ1) is 13.9. The highest BCUT2D eigenvalue weighted by atomic mass is 79.9. The summed E-state index contributed by atoms with van der Waals surface area (Å²) in [6.45, 7) is 2.11. The van der Waals surface area contributed by atoms with Crippen LogP contribution in [-0.2, 0) is 0 Å². The summed E-state index contributed by atoms with van der Waals surface area (Å²) in [5.74, 6) is 1.36. The molecule has 0 aliphatic carbocycles. The molecule has 0 saturated carbocycles. The fraction of sp³-hybridized carbons (Fsp3) is 0.188. The maximum absolute atomic E-state index is 6.11. The lowest BCUT2D eigenvalue weighted by molar-refractivity contribution is 0.414. The Balaban J connectivity index is 2.09. The van der Waals surface area contributed by atoms with E-state index in [0.29, 0.717) is 5.95 Å². The van der Waals surface area contributed by atoms with E-state index in [2.05, 4.69) is 27.8 Å². The minimum atomic E-state index is 0.0928. The first-order valence-electron chi connectivity index (χ1n) is 6.67. The molecule has 108 valence electrons. The largest absolute Gasteiger partial charge is 0.497 e. The lowest BCUT2D eigenvalue weighted by Gasteiger charge is -2.17. The predicted octanol–water partition coefficient (Wildman–Crippen LogP) is 4.00. The van der Waals surface area contributed by atoms with E-state index in [0.717, 1.165) is 26.8 Å². The fourth-order valence-electron chi connectivity index (χ4n) is 2.52. The zero-order valence-electron chi connectivity index (χ0n) is 11.9. The van der Waals surface area contributed by atoms with Gasteiger partial charge in [-0.05, 0) is 42.8 Å². The van der Waals surface area contributed by atoms with E-state index in [1.54, 1.807) is 7.11 Å². The Hall–Kier alpha value is -2.01. The van der Waals surface area contributed by atoms with Gasteiger partial charge in [0.2, 0.25) is 5.95 Å². The molecule has 0 saturated heterocycles. The molecule has 21 heavy (non-hydrogen) atoms. The Morgan fingerprint density at radius 1 is 1.19 bits per heavy atom. The quantitative estimate of drug-likeness (QED) is 0.780. The van der Waals surface area contributed by atoms with Gasteiger partial charge in [0.15, 0.2) is 0 Å². The number of methoxy groups -OCH3 is 1. The van der Waals surface area contributed by atoms with Crippen LogP contribution in [0.3, 0.4) is 0 Å². The number of aromatic nitrogens is 2. The van der Waals surface area contributed by atoms with E-state index in [1.807, 2.05) is 47.0 Å². The van der Waals surface area contributed by atoms with Crippen LogP contribution in [0.25, 0.3) is 11.0 Å². The van der Waals surface area contributed by atoms with Gasteiger partial charge in [0.25, 0.3) is 0 Å². The molecule has 1 unspecified atom stereocenters. The number of fused-ring (bicyclic) bond motifs is 1. The van der Waals surface area contributed by atoms with Crippen molar-refractivity contribution in [3.8, 4) is 5.75 Å². The average molecular weight is 346 g/mol. The molecule has 0 bridgehead atoms. The molecule has 3 rings (SSSR count). The van der Waals surface area contributed by atoms with Gasteiger partial charge >= 0.3 is 0 Å². The van der Waals surface area contributed by atoms with Gasteiger partial charge in [-0.1, -0.05) is 28.1 Å². The van der Waals surface area contributed by atoms with Gasteiger partial charge in [-0.15, -0.1) is 0 Å². The summed E-state index contributed by atoms with van der Waals surface area (Å²) >= 11 is 3.50. The van der Waals surface area contributed by atoms with Crippen molar-refractivity contribution in [1.82, 2.24) is 9.55 Å². The Labute approximate surface area is 131 Å². The lowest BCUT2D eigenvalue weighted by Crippen LogP contribution is -2.10. The van der Waals surface area contributed by atoms with E-state index >= 15 is 0 Å². The minimum absolute atomic E-state index is 0.0928. The number of anilines is 1. The molecule has 5 heteroatoms. The van der Waals surface area contributed by atoms with Gasteiger partial charge in [-0.3, -0.25) is 0 Å². The van der Waals surface area contributed by atoms with Crippen molar-refractivity contribution in [3.05, 3.63) is 52.5 Å². The average Bonchev–Trinajstić information content (AvgIpc) is 2.82. The highest BCUT2D eigenvalue weighted by Crippen LogP contribution is 2.29. The van der Waals surface area contributed by atoms with Crippen LogP contribution >= 0.6 is 15.9 Å². The van der Waals surface area contributed by atoms with Crippen molar-refractivity contribution >= 4 is 32.9 Å². The van der Waals surface area contributed by atoms with Crippen LogP contribution in [0, 0.1) is 0 Å². The number of hydrogen-bond acceptors (Lipinski definition) is 3. The number of nitrogens with two attached hydrogens (primary N) is 1. The molecule has 0 aliphatic rings. The number of ether oxygens (including phenoxy) is 1. The van der Waals surface area contributed by atoms with E-state index in [9.17, 15) is 0 Å². The van der Waals surface area contributed by atoms with Crippen LogP contribution in [0.4, 0.5) is 5.95 Å². The molecular formula is C16H16BrN3O. The van der Waals surface area contributed by atoms with Gasteiger partial charge in [-0.25, -0.2) is 4.98 Å².